The first kappa shape index (κ1) is 19.0. The van der Waals surface area contributed by atoms with Gasteiger partial charge in [-0.05, 0) is 43.2 Å². The predicted molar refractivity (Wildman–Crippen MR) is 98.8 cm³/mol. The number of nitrogens with one attached hydrogen (secondary N) is 1. The van der Waals surface area contributed by atoms with Crippen LogP contribution in [0.25, 0.3) is 0 Å². The molecule has 0 atom stereocenters. The average molecular weight is 361 g/mol. The molecule has 0 heterocycles. The molecule has 25 heavy (non-hydrogen) atoms. The smallest absolute Gasteiger partial charge is 0.240 e. The van der Waals surface area contributed by atoms with Crippen molar-refractivity contribution in [2.75, 3.05) is 20.8 Å². The van der Waals surface area contributed by atoms with Crippen LogP contribution in [0.2, 0.25) is 0 Å². The van der Waals surface area contributed by atoms with E-state index in [4.69, 9.17) is 9.47 Å². The van der Waals surface area contributed by atoms with Crippen molar-refractivity contribution in [3.05, 3.63) is 65.7 Å². The number of ether oxygens (including phenoxy) is 2. The lowest BCUT2D eigenvalue weighted by molar-refractivity contribution is 0.354. The maximum Gasteiger partial charge on any atom is 0.240 e. The Hall–Kier alpha value is -2.31. The van der Waals surface area contributed by atoms with Gasteiger partial charge in [-0.25, -0.2) is 13.1 Å². The summed E-state index contributed by atoms with van der Waals surface area (Å²) in [6.45, 7) is 2.16. The molecule has 0 saturated carbocycles. The number of hydrogen-bond donors (Lipinski definition) is 1. The van der Waals surface area contributed by atoms with Crippen LogP contribution in [0.1, 0.15) is 11.1 Å². The van der Waals surface area contributed by atoms with Crippen LogP contribution in [0.15, 0.2) is 59.5 Å². The lowest BCUT2D eigenvalue weighted by Gasteiger charge is -2.08. The molecule has 2 aromatic rings. The van der Waals surface area contributed by atoms with Gasteiger partial charge in [0.2, 0.25) is 10.0 Å². The summed E-state index contributed by atoms with van der Waals surface area (Å²) in [5.41, 5.74) is 2.07. The van der Waals surface area contributed by atoms with Gasteiger partial charge >= 0.3 is 0 Å². The molecule has 0 spiro atoms. The van der Waals surface area contributed by atoms with Crippen LogP contribution in [0.3, 0.4) is 0 Å². The molecule has 0 aliphatic carbocycles. The zero-order valence-corrected chi connectivity index (χ0v) is 15.5. The quantitative estimate of drug-likeness (QED) is 0.734. The van der Waals surface area contributed by atoms with Crippen molar-refractivity contribution in [3.63, 3.8) is 0 Å². The van der Waals surface area contributed by atoms with E-state index >= 15 is 0 Å². The van der Waals surface area contributed by atoms with Crippen molar-refractivity contribution in [2.45, 2.75) is 18.2 Å². The van der Waals surface area contributed by atoms with Crippen LogP contribution in [0.4, 0.5) is 0 Å². The van der Waals surface area contributed by atoms with Crippen LogP contribution in [0, 0.1) is 6.92 Å². The van der Waals surface area contributed by atoms with Gasteiger partial charge < -0.3 is 9.47 Å². The molecule has 6 heteroatoms. The van der Waals surface area contributed by atoms with E-state index in [9.17, 15) is 8.42 Å². The largest absolute Gasteiger partial charge is 0.493 e. The van der Waals surface area contributed by atoms with Crippen LogP contribution >= 0.6 is 0 Å². The highest BCUT2D eigenvalue weighted by molar-refractivity contribution is 7.89. The number of benzene rings is 2. The first-order chi connectivity index (χ1) is 12.0. The normalized spacial score (nSPS) is 11.6. The van der Waals surface area contributed by atoms with E-state index < -0.39 is 10.0 Å². The first-order valence-corrected chi connectivity index (χ1v) is 9.37. The summed E-state index contributed by atoms with van der Waals surface area (Å²) in [7, 11) is -0.290. The number of methoxy groups -OCH3 is 2. The molecular weight excluding hydrogens is 338 g/mol. The molecule has 1 N–H and O–H groups in total. The lowest BCUT2D eigenvalue weighted by Crippen LogP contribution is -2.23. The fourth-order valence-corrected chi connectivity index (χ4v) is 3.25. The van der Waals surface area contributed by atoms with E-state index in [2.05, 4.69) is 4.72 Å². The van der Waals surface area contributed by atoms with Gasteiger partial charge in [-0.2, -0.15) is 0 Å². The second-order valence-corrected chi connectivity index (χ2v) is 7.30. The molecule has 134 valence electrons. The van der Waals surface area contributed by atoms with Crippen LogP contribution in [-0.2, 0) is 16.4 Å². The van der Waals surface area contributed by atoms with Gasteiger partial charge in [0.25, 0.3) is 0 Å². The molecule has 0 saturated heterocycles. The number of sulfonamides is 1. The molecule has 0 bridgehead atoms. The van der Waals surface area contributed by atoms with Gasteiger partial charge in [-0.15, -0.1) is 0 Å². The summed E-state index contributed by atoms with van der Waals surface area (Å²) < 4.78 is 37.3. The Morgan fingerprint density at radius 1 is 0.960 bits per heavy atom. The molecule has 0 unspecified atom stereocenters. The average Bonchev–Trinajstić information content (AvgIpc) is 2.61. The lowest BCUT2D eigenvalue weighted by atomic mass is 10.1. The number of hydrogen-bond acceptors (Lipinski definition) is 4. The topological polar surface area (TPSA) is 64.6 Å². The molecule has 2 rings (SSSR count). The number of allylic oxidation sites excluding steroid dienone is 1. The summed E-state index contributed by atoms with van der Waals surface area (Å²) in [4.78, 5) is 0.270. The molecule has 0 fully saturated rings. The van der Waals surface area contributed by atoms with E-state index in [-0.39, 0.29) is 11.4 Å². The summed E-state index contributed by atoms with van der Waals surface area (Å²) in [5, 5.41) is 0. The Labute approximate surface area is 149 Å². The number of rotatable bonds is 8. The third-order valence-electron chi connectivity index (χ3n) is 3.69. The van der Waals surface area contributed by atoms with Crippen molar-refractivity contribution in [2.24, 2.45) is 0 Å². The number of aryl methyl sites for hydroxylation is 1. The Morgan fingerprint density at radius 3 is 2.28 bits per heavy atom. The monoisotopic (exact) mass is 361 g/mol. The van der Waals surface area contributed by atoms with E-state index in [1.165, 1.54) is 0 Å². The SMILES string of the molecule is COc1ccc(C/C=C\CNS(=O)(=O)c2ccc(C)cc2)cc1OC. The Morgan fingerprint density at radius 2 is 1.64 bits per heavy atom. The van der Waals surface area contributed by atoms with Gasteiger partial charge in [0.05, 0.1) is 19.1 Å². The molecule has 0 radical (unpaired) electrons. The standard InChI is InChI=1S/C19H23NO4S/c1-15-7-10-17(11-8-15)25(21,22)20-13-5-4-6-16-9-12-18(23-2)19(14-16)24-3/h4-5,7-12,14,20H,6,13H2,1-3H3/b5-4-. The molecular formula is C19H23NO4S. The predicted octanol–water partition coefficient (Wildman–Crippen LogP) is 3.09. The summed E-state index contributed by atoms with van der Waals surface area (Å²) in [6, 6.07) is 12.5. The van der Waals surface area contributed by atoms with Crippen molar-refractivity contribution >= 4 is 10.0 Å². The van der Waals surface area contributed by atoms with E-state index in [0.717, 1.165) is 11.1 Å². The molecule has 0 aromatic heterocycles. The zero-order valence-electron chi connectivity index (χ0n) is 14.7. The molecule has 2 aromatic carbocycles. The van der Waals surface area contributed by atoms with Crippen LogP contribution in [-0.4, -0.2) is 29.2 Å². The fraction of sp³-hybridized carbons (Fsp3) is 0.263. The maximum absolute atomic E-state index is 12.2. The van der Waals surface area contributed by atoms with E-state index in [1.807, 2.05) is 31.2 Å². The summed E-state index contributed by atoms with van der Waals surface area (Å²) >= 11 is 0. The molecule has 0 aliphatic heterocycles. The minimum Gasteiger partial charge on any atom is -0.493 e. The minimum absolute atomic E-state index is 0.240. The van der Waals surface area contributed by atoms with Gasteiger partial charge in [0.15, 0.2) is 11.5 Å². The summed E-state index contributed by atoms with van der Waals surface area (Å²) in [5.74, 6) is 1.36. The van der Waals surface area contributed by atoms with Crippen molar-refractivity contribution in [3.8, 4) is 11.5 Å². The van der Waals surface area contributed by atoms with E-state index in [0.29, 0.717) is 17.9 Å². The van der Waals surface area contributed by atoms with Crippen molar-refractivity contribution < 1.29 is 17.9 Å². The maximum atomic E-state index is 12.2. The third kappa shape index (κ3) is 5.34. The molecule has 5 nitrogen and oxygen atoms in total. The zero-order chi connectivity index (χ0) is 18.3. The Balaban J connectivity index is 1.90. The summed E-state index contributed by atoms with van der Waals surface area (Å²) in [6.07, 6.45) is 4.38. The van der Waals surface area contributed by atoms with Gasteiger partial charge in [-0.1, -0.05) is 35.9 Å². The second kappa shape index (κ2) is 8.69. The highest BCUT2D eigenvalue weighted by Crippen LogP contribution is 2.27. The molecule has 0 amide bonds. The van der Waals surface area contributed by atoms with Gasteiger partial charge in [-0.3, -0.25) is 0 Å². The molecule has 0 aliphatic rings. The van der Waals surface area contributed by atoms with Crippen LogP contribution < -0.4 is 14.2 Å². The van der Waals surface area contributed by atoms with E-state index in [1.54, 1.807) is 44.6 Å². The fourth-order valence-electron chi connectivity index (χ4n) is 2.27. The van der Waals surface area contributed by atoms with Gasteiger partial charge in [0, 0.05) is 6.54 Å². The Bertz CT molecular complexity index is 827. The second-order valence-electron chi connectivity index (χ2n) is 5.53. The van der Waals surface area contributed by atoms with Crippen molar-refractivity contribution in [1.29, 1.82) is 0 Å². The van der Waals surface area contributed by atoms with Crippen molar-refractivity contribution in [1.82, 2.24) is 4.72 Å². The highest BCUT2D eigenvalue weighted by atomic mass is 32.2. The first-order valence-electron chi connectivity index (χ1n) is 7.88. The van der Waals surface area contributed by atoms with Gasteiger partial charge in [0.1, 0.15) is 0 Å². The van der Waals surface area contributed by atoms with Crippen LogP contribution in [0.5, 0.6) is 11.5 Å². The Kier molecular flexibility index (Phi) is 6.61. The highest BCUT2D eigenvalue weighted by Gasteiger charge is 2.11. The third-order valence-corrected chi connectivity index (χ3v) is 5.13. The minimum atomic E-state index is -3.48.